The molecule has 2 heteroatoms. The third kappa shape index (κ3) is 3.30. The fourth-order valence-electron chi connectivity index (χ4n) is 2.57. The normalized spacial score (nSPS) is 17.8. The first-order valence-electron chi connectivity index (χ1n) is 6.71. The van der Waals surface area contributed by atoms with Crippen molar-refractivity contribution in [3.05, 3.63) is 35.4 Å². The van der Waals surface area contributed by atoms with Crippen LogP contribution in [0, 0.1) is 5.41 Å². The molecule has 0 aliphatic heterocycles. The summed E-state index contributed by atoms with van der Waals surface area (Å²) in [4.78, 5) is 0. The zero-order valence-electron chi connectivity index (χ0n) is 10.8. The van der Waals surface area contributed by atoms with E-state index in [9.17, 15) is 0 Å². The lowest BCUT2D eigenvalue weighted by molar-refractivity contribution is 0.157. The Kier molecular flexibility index (Phi) is 4.19. The van der Waals surface area contributed by atoms with Gasteiger partial charge in [0.15, 0.2) is 0 Å². The summed E-state index contributed by atoms with van der Waals surface area (Å²) in [6.45, 7) is 5.26. The Balaban J connectivity index is 1.74. The first kappa shape index (κ1) is 12.6. The maximum Gasteiger partial charge on any atom is 0.0180 e. The second-order valence-corrected chi connectivity index (χ2v) is 5.56. The van der Waals surface area contributed by atoms with E-state index >= 15 is 0 Å². The van der Waals surface area contributed by atoms with Gasteiger partial charge in [-0.05, 0) is 42.3 Å². The first-order chi connectivity index (χ1) is 8.23. The van der Waals surface area contributed by atoms with E-state index in [4.69, 9.17) is 5.73 Å². The number of nitrogens with two attached hydrogens (primary N) is 1. The van der Waals surface area contributed by atoms with E-state index in [0.717, 1.165) is 19.5 Å². The molecule has 3 N–H and O–H groups in total. The molecule has 0 amide bonds. The molecule has 2 rings (SSSR count). The Hall–Kier alpha value is -0.860. The summed E-state index contributed by atoms with van der Waals surface area (Å²) in [6, 6.07) is 8.48. The lowest BCUT2D eigenvalue weighted by Crippen LogP contribution is -2.38. The van der Waals surface area contributed by atoms with Gasteiger partial charge in [-0.25, -0.2) is 0 Å². The average Bonchev–Trinajstić information content (AvgIpc) is 2.33. The van der Waals surface area contributed by atoms with Crippen LogP contribution >= 0.6 is 0 Å². The van der Waals surface area contributed by atoms with Crippen LogP contribution in [0.25, 0.3) is 0 Å². The molecule has 0 radical (unpaired) electrons. The molecule has 0 bridgehead atoms. The van der Waals surface area contributed by atoms with E-state index in [-0.39, 0.29) is 0 Å². The number of benzene rings is 1. The summed E-state index contributed by atoms with van der Waals surface area (Å²) in [5.74, 6) is 0. The lowest BCUT2D eigenvalue weighted by Gasteiger charge is -2.38. The highest BCUT2D eigenvalue weighted by atomic mass is 14.9. The van der Waals surface area contributed by atoms with Crippen molar-refractivity contribution >= 4 is 0 Å². The standard InChI is InChI=1S/C15H24N2/c1-15(8-4-9-15)12-17-10-7-13-5-2-3-6-14(13)11-16/h2-3,5-6,17H,4,7-12,16H2,1H3. The molecule has 0 spiro atoms. The second-order valence-electron chi connectivity index (χ2n) is 5.56. The van der Waals surface area contributed by atoms with Gasteiger partial charge in [-0.2, -0.15) is 0 Å². The maximum absolute atomic E-state index is 5.73. The minimum absolute atomic E-state index is 0.577. The van der Waals surface area contributed by atoms with E-state index in [1.807, 2.05) is 0 Å². The van der Waals surface area contributed by atoms with E-state index in [1.165, 1.54) is 30.4 Å². The molecule has 94 valence electrons. The average molecular weight is 232 g/mol. The molecule has 1 aliphatic rings. The predicted molar refractivity (Wildman–Crippen MR) is 72.9 cm³/mol. The quantitative estimate of drug-likeness (QED) is 0.739. The Labute approximate surface area is 105 Å². The SMILES string of the molecule is CC1(CNCCc2ccccc2CN)CCC1. The van der Waals surface area contributed by atoms with Crippen molar-refractivity contribution in [3.8, 4) is 0 Å². The largest absolute Gasteiger partial charge is 0.326 e. The van der Waals surface area contributed by atoms with Crippen molar-refractivity contribution in [3.63, 3.8) is 0 Å². The summed E-state index contributed by atoms with van der Waals surface area (Å²) in [6.07, 6.45) is 5.27. The highest BCUT2D eigenvalue weighted by Gasteiger charge is 2.30. The van der Waals surface area contributed by atoms with Gasteiger partial charge in [0.1, 0.15) is 0 Å². The summed E-state index contributed by atoms with van der Waals surface area (Å²) in [5.41, 5.74) is 8.98. The van der Waals surface area contributed by atoms with Gasteiger partial charge in [0.2, 0.25) is 0 Å². The number of hydrogen-bond donors (Lipinski definition) is 2. The maximum atomic E-state index is 5.73. The van der Waals surface area contributed by atoms with Crippen LogP contribution in [-0.4, -0.2) is 13.1 Å². The van der Waals surface area contributed by atoms with Gasteiger partial charge in [0, 0.05) is 13.1 Å². The number of hydrogen-bond acceptors (Lipinski definition) is 2. The molecule has 1 saturated carbocycles. The van der Waals surface area contributed by atoms with E-state index in [2.05, 4.69) is 36.5 Å². The zero-order valence-corrected chi connectivity index (χ0v) is 10.8. The zero-order chi connectivity index (χ0) is 12.1. The monoisotopic (exact) mass is 232 g/mol. The van der Waals surface area contributed by atoms with Gasteiger partial charge < -0.3 is 11.1 Å². The van der Waals surface area contributed by atoms with Gasteiger partial charge in [-0.15, -0.1) is 0 Å². The molecule has 0 unspecified atom stereocenters. The third-order valence-electron chi connectivity index (χ3n) is 4.02. The summed E-state index contributed by atoms with van der Waals surface area (Å²) in [7, 11) is 0. The second kappa shape index (κ2) is 5.65. The topological polar surface area (TPSA) is 38.0 Å². The molecule has 1 fully saturated rings. The van der Waals surface area contributed by atoms with Crippen LogP contribution in [0.5, 0.6) is 0 Å². The van der Waals surface area contributed by atoms with E-state index in [1.54, 1.807) is 0 Å². The highest BCUT2D eigenvalue weighted by Crippen LogP contribution is 2.39. The minimum atomic E-state index is 0.577. The van der Waals surface area contributed by atoms with Gasteiger partial charge in [0.25, 0.3) is 0 Å². The molecular weight excluding hydrogens is 208 g/mol. The van der Waals surface area contributed by atoms with Crippen molar-refractivity contribution in [1.82, 2.24) is 5.32 Å². The smallest absolute Gasteiger partial charge is 0.0180 e. The molecule has 0 heterocycles. The third-order valence-corrected chi connectivity index (χ3v) is 4.02. The van der Waals surface area contributed by atoms with Crippen LogP contribution < -0.4 is 11.1 Å². The molecular formula is C15H24N2. The lowest BCUT2D eigenvalue weighted by atomic mass is 9.70. The summed E-state index contributed by atoms with van der Waals surface area (Å²) >= 11 is 0. The van der Waals surface area contributed by atoms with Crippen molar-refractivity contribution in [2.45, 2.75) is 39.2 Å². The fourth-order valence-corrected chi connectivity index (χ4v) is 2.57. The highest BCUT2D eigenvalue weighted by molar-refractivity contribution is 5.27. The van der Waals surface area contributed by atoms with Crippen LogP contribution in [0.4, 0.5) is 0 Å². The molecule has 0 saturated heterocycles. The molecule has 1 aromatic rings. The van der Waals surface area contributed by atoms with Crippen molar-refractivity contribution in [2.75, 3.05) is 13.1 Å². The molecule has 0 atom stereocenters. The molecule has 17 heavy (non-hydrogen) atoms. The number of nitrogens with one attached hydrogen (secondary N) is 1. The predicted octanol–water partition coefficient (Wildman–Crippen LogP) is 2.47. The van der Waals surface area contributed by atoms with Crippen molar-refractivity contribution in [2.24, 2.45) is 11.1 Å². The van der Waals surface area contributed by atoms with Crippen molar-refractivity contribution < 1.29 is 0 Å². The summed E-state index contributed by atoms with van der Waals surface area (Å²) < 4.78 is 0. The van der Waals surface area contributed by atoms with Gasteiger partial charge in [-0.3, -0.25) is 0 Å². The first-order valence-corrected chi connectivity index (χ1v) is 6.71. The van der Waals surface area contributed by atoms with Gasteiger partial charge in [-0.1, -0.05) is 37.6 Å². The minimum Gasteiger partial charge on any atom is -0.326 e. The Morgan fingerprint density at radius 3 is 2.53 bits per heavy atom. The molecule has 0 aromatic heterocycles. The number of rotatable bonds is 6. The summed E-state index contributed by atoms with van der Waals surface area (Å²) in [5, 5.41) is 3.59. The van der Waals surface area contributed by atoms with Crippen LogP contribution in [0.2, 0.25) is 0 Å². The van der Waals surface area contributed by atoms with Crippen LogP contribution in [0.1, 0.15) is 37.3 Å². The Bertz CT molecular complexity index is 356. The molecule has 1 aromatic carbocycles. The van der Waals surface area contributed by atoms with Crippen molar-refractivity contribution in [1.29, 1.82) is 0 Å². The molecule has 1 aliphatic carbocycles. The molecule has 2 nitrogen and oxygen atoms in total. The Morgan fingerprint density at radius 1 is 1.24 bits per heavy atom. The van der Waals surface area contributed by atoms with Crippen LogP contribution in [-0.2, 0) is 13.0 Å². The van der Waals surface area contributed by atoms with Gasteiger partial charge in [0.05, 0.1) is 0 Å². The van der Waals surface area contributed by atoms with E-state index in [0.29, 0.717) is 12.0 Å². The van der Waals surface area contributed by atoms with Crippen LogP contribution in [0.15, 0.2) is 24.3 Å². The fraction of sp³-hybridized carbons (Fsp3) is 0.600. The van der Waals surface area contributed by atoms with Gasteiger partial charge >= 0.3 is 0 Å². The van der Waals surface area contributed by atoms with Crippen LogP contribution in [0.3, 0.4) is 0 Å². The van der Waals surface area contributed by atoms with E-state index < -0.39 is 0 Å². The Morgan fingerprint density at radius 2 is 1.94 bits per heavy atom.